The molecule has 0 radical (unpaired) electrons. The number of nitrogens with zero attached hydrogens (tertiary/aromatic N) is 2. The van der Waals surface area contributed by atoms with Gasteiger partial charge >= 0.3 is 0 Å². The standard InChI is InChI=1S/C23H24N4O4S/c1-14(2)9-22(31-25)20-10-17(12-26-23(20)24)19-11-18(8-7-15(19)3)32(29,30)27-21-6-4-5-16(21)13-28/h7-12H,1,4-6,25H2,2-3H3,(H2,24,26)/b22-9-,27-21?. The van der Waals surface area contributed by atoms with E-state index in [1.807, 2.05) is 6.92 Å². The monoisotopic (exact) mass is 452 g/mol. The minimum Gasteiger partial charge on any atom is -0.411 e. The van der Waals surface area contributed by atoms with Crippen molar-refractivity contribution in [3.8, 4) is 11.1 Å². The maximum atomic E-state index is 12.9. The fourth-order valence-electron chi connectivity index (χ4n) is 3.43. The molecule has 1 aliphatic rings. The maximum absolute atomic E-state index is 12.9. The first-order valence-corrected chi connectivity index (χ1v) is 11.3. The Balaban J connectivity index is 2.11. The van der Waals surface area contributed by atoms with Crippen molar-refractivity contribution in [2.24, 2.45) is 10.3 Å². The van der Waals surface area contributed by atoms with E-state index in [0.717, 1.165) is 5.56 Å². The lowest BCUT2D eigenvalue weighted by Gasteiger charge is -2.13. The summed E-state index contributed by atoms with van der Waals surface area (Å²) in [6.07, 6.45) is 4.77. The molecule has 8 nitrogen and oxygen atoms in total. The third-order valence-electron chi connectivity index (χ3n) is 5.05. The van der Waals surface area contributed by atoms with Crippen LogP contribution in [0.15, 0.2) is 63.6 Å². The number of rotatable bonds is 6. The quantitative estimate of drug-likeness (QED) is 0.296. The number of sulfonamides is 1. The van der Waals surface area contributed by atoms with Crippen molar-refractivity contribution in [1.29, 1.82) is 0 Å². The van der Waals surface area contributed by atoms with Gasteiger partial charge in [-0.15, -0.1) is 0 Å². The first kappa shape index (κ1) is 23.1. The van der Waals surface area contributed by atoms with E-state index in [1.165, 1.54) is 12.1 Å². The van der Waals surface area contributed by atoms with E-state index in [4.69, 9.17) is 16.5 Å². The highest BCUT2D eigenvalue weighted by Gasteiger charge is 2.22. The van der Waals surface area contributed by atoms with E-state index in [2.05, 4.69) is 16.0 Å². The number of nitrogens with two attached hydrogens (primary N) is 2. The summed E-state index contributed by atoms with van der Waals surface area (Å²) in [5.41, 5.74) is 9.82. The second-order valence-corrected chi connectivity index (χ2v) is 9.16. The molecule has 1 aromatic carbocycles. The summed E-state index contributed by atoms with van der Waals surface area (Å²) in [7, 11) is -4.01. The van der Waals surface area contributed by atoms with Crippen LogP contribution in [0.5, 0.6) is 0 Å². The molecular formula is C23H24N4O4S. The second kappa shape index (κ2) is 9.32. The number of hydrogen-bond donors (Lipinski definition) is 2. The summed E-state index contributed by atoms with van der Waals surface area (Å²) in [4.78, 5) is 20.2. The molecule has 0 spiro atoms. The van der Waals surface area contributed by atoms with Crippen LogP contribution < -0.4 is 11.6 Å². The van der Waals surface area contributed by atoms with Crippen LogP contribution in [0.4, 0.5) is 5.82 Å². The van der Waals surface area contributed by atoms with Gasteiger partial charge in [-0.25, -0.2) is 9.78 Å². The molecule has 1 aromatic heterocycles. The Hall–Kier alpha value is -3.52. The Kier molecular flexibility index (Phi) is 6.74. The van der Waals surface area contributed by atoms with Gasteiger partial charge in [-0.05, 0) is 68.5 Å². The molecule has 1 aliphatic carbocycles. The highest BCUT2D eigenvalue weighted by atomic mass is 32.2. The maximum Gasteiger partial charge on any atom is 0.282 e. The number of nitrogen functional groups attached to an aromatic ring is 1. The zero-order valence-corrected chi connectivity index (χ0v) is 18.7. The van der Waals surface area contributed by atoms with Crippen molar-refractivity contribution in [1.82, 2.24) is 4.98 Å². The fourth-order valence-corrected chi connectivity index (χ4v) is 4.53. The molecule has 0 bridgehead atoms. The number of aromatic nitrogens is 1. The van der Waals surface area contributed by atoms with Crippen molar-refractivity contribution in [2.75, 3.05) is 5.73 Å². The summed E-state index contributed by atoms with van der Waals surface area (Å²) in [6.45, 7) is 7.44. The zero-order valence-electron chi connectivity index (χ0n) is 17.9. The molecule has 0 saturated heterocycles. The van der Waals surface area contributed by atoms with Gasteiger partial charge in [0.05, 0.1) is 21.7 Å². The predicted molar refractivity (Wildman–Crippen MR) is 125 cm³/mol. The second-order valence-electron chi connectivity index (χ2n) is 7.55. The summed E-state index contributed by atoms with van der Waals surface area (Å²) in [6, 6.07) is 6.42. The van der Waals surface area contributed by atoms with Gasteiger partial charge in [0.25, 0.3) is 10.0 Å². The highest BCUT2D eigenvalue weighted by molar-refractivity contribution is 7.90. The molecule has 0 aliphatic heterocycles. The molecule has 0 atom stereocenters. The lowest BCUT2D eigenvalue weighted by Crippen LogP contribution is -2.05. The molecule has 32 heavy (non-hydrogen) atoms. The molecular weight excluding hydrogens is 428 g/mol. The van der Waals surface area contributed by atoms with Crippen LogP contribution in [0.1, 0.15) is 37.3 Å². The number of hydrogen-bond acceptors (Lipinski definition) is 7. The number of allylic oxidation sites excluding steroid dienone is 3. The van der Waals surface area contributed by atoms with Crippen LogP contribution in [-0.4, -0.2) is 25.1 Å². The minimum atomic E-state index is -4.01. The van der Waals surface area contributed by atoms with Crippen molar-refractivity contribution < 1.29 is 18.0 Å². The number of aryl methyl sites for hydroxylation is 1. The van der Waals surface area contributed by atoms with Crippen LogP contribution in [0, 0.1) is 6.92 Å². The van der Waals surface area contributed by atoms with Gasteiger partial charge in [0.2, 0.25) is 0 Å². The lowest BCUT2D eigenvalue weighted by atomic mass is 10.00. The lowest BCUT2D eigenvalue weighted by molar-refractivity contribution is 0.291. The number of carbonyl (C=O) groups excluding carboxylic acids is 1. The predicted octanol–water partition coefficient (Wildman–Crippen LogP) is 3.52. The van der Waals surface area contributed by atoms with Gasteiger partial charge in [-0.1, -0.05) is 18.2 Å². The molecule has 4 N–H and O–H groups in total. The van der Waals surface area contributed by atoms with E-state index < -0.39 is 10.0 Å². The van der Waals surface area contributed by atoms with E-state index in [0.29, 0.717) is 47.1 Å². The Morgan fingerprint density at radius 2 is 2.06 bits per heavy atom. The fraction of sp³-hybridized carbons (Fsp3) is 0.217. The summed E-state index contributed by atoms with van der Waals surface area (Å²) in [5.74, 6) is 7.69. The van der Waals surface area contributed by atoms with E-state index in [1.54, 1.807) is 37.3 Å². The van der Waals surface area contributed by atoms with Crippen LogP contribution in [0.25, 0.3) is 16.9 Å². The average Bonchev–Trinajstić information content (AvgIpc) is 3.19. The van der Waals surface area contributed by atoms with E-state index in [9.17, 15) is 13.2 Å². The van der Waals surface area contributed by atoms with Gasteiger partial charge in [0.15, 0.2) is 5.76 Å². The van der Waals surface area contributed by atoms with Crippen LogP contribution >= 0.6 is 0 Å². The Bertz CT molecular complexity index is 1300. The average molecular weight is 453 g/mol. The first-order chi connectivity index (χ1) is 15.2. The molecule has 3 rings (SSSR count). The van der Waals surface area contributed by atoms with E-state index >= 15 is 0 Å². The van der Waals surface area contributed by atoms with Crippen molar-refractivity contribution >= 4 is 33.3 Å². The molecule has 0 unspecified atom stereocenters. The third-order valence-corrected chi connectivity index (χ3v) is 6.36. The largest absolute Gasteiger partial charge is 0.411 e. The first-order valence-electron chi connectivity index (χ1n) is 9.85. The number of anilines is 1. The minimum absolute atomic E-state index is 0.00824. The SMILES string of the molecule is C=C(C)/C=C(\ON)c1cc(-c2cc(S(=O)(=O)N=C3CCCC3=C=O)ccc2C)cnc1N. The van der Waals surface area contributed by atoms with Crippen LogP contribution in [-0.2, 0) is 19.7 Å². The molecule has 1 heterocycles. The number of pyridine rings is 1. The number of benzene rings is 1. The summed E-state index contributed by atoms with van der Waals surface area (Å²) >= 11 is 0. The molecule has 0 amide bonds. The third kappa shape index (κ3) is 4.86. The van der Waals surface area contributed by atoms with Gasteiger partial charge in [-0.3, -0.25) is 0 Å². The molecule has 1 saturated carbocycles. The summed E-state index contributed by atoms with van der Waals surface area (Å²) in [5, 5.41) is 0. The topological polar surface area (TPSA) is 138 Å². The highest BCUT2D eigenvalue weighted by Crippen LogP contribution is 2.31. The zero-order chi connectivity index (χ0) is 23.5. The van der Waals surface area contributed by atoms with Gasteiger partial charge in [-0.2, -0.15) is 18.7 Å². The molecule has 9 heteroatoms. The Labute approximate surface area is 187 Å². The van der Waals surface area contributed by atoms with Crippen LogP contribution in [0.2, 0.25) is 0 Å². The van der Waals surface area contributed by atoms with Gasteiger partial charge < -0.3 is 10.6 Å². The van der Waals surface area contributed by atoms with Crippen molar-refractivity contribution in [2.45, 2.75) is 38.0 Å². The summed E-state index contributed by atoms with van der Waals surface area (Å²) < 4.78 is 29.7. The van der Waals surface area contributed by atoms with Crippen molar-refractivity contribution in [3.63, 3.8) is 0 Å². The Morgan fingerprint density at radius 1 is 1.31 bits per heavy atom. The Morgan fingerprint density at radius 3 is 2.72 bits per heavy atom. The van der Waals surface area contributed by atoms with Gasteiger partial charge in [0, 0.05) is 11.8 Å². The smallest absolute Gasteiger partial charge is 0.282 e. The van der Waals surface area contributed by atoms with Gasteiger partial charge in [0.1, 0.15) is 11.8 Å². The van der Waals surface area contributed by atoms with Crippen molar-refractivity contribution in [3.05, 3.63) is 65.4 Å². The van der Waals surface area contributed by atoms with Crippen LogP contribution in [0.3, 0.4) is 0 Å². The normalized spacial score (nSPS) is 15.7. The molecule has 2 aromatic rings. The van der Waals surface area contributed by atoms with E-state index in [-0.39, 0.29) is 22.2 Å². The molecule has 166 valence electrons. The molecule has 1 fully saturated rings.